The predicted molar refractivity (Wildman–Crippen MR) is 133 cm³/mol. The van der Waals surface area contributed by atoms with Crippen molar-refractivity contribution in [2.24, 2.45) is 10.2 Å². The molecule has 2 aromatic rings. The third-order valence-corrected chi connectivity index (χ3v) is 5.47. The normalized spacial score (nSPS) is 14.8. The molecule has 2 unspecified atom stereocenters. The minimum atomic E-state index is -1.30. The molecule has 0 saturated carbocycles. The number of carbonyl (C=O) groups excluding carboxylic acids is 2. The molecule has 0 aromatic heterocycles. The summed E-state index contributed by atoms with van der Waals surface area (Å²) in [6.45, 7) is 7.89. The van der Waals surface area contributed by atoms with Crippen LogP contribution < -0.4 is 0 Å². The smallest absolute Gasteiger partial charge is 0.308 e. The van der Waals surface area contributed by atoms with Crippen molar-refractivity contribution < 1.29 is 19.1 Å². The lowest BCUT2D eigenvalue weighted by atomic mass is 9.97. The van der Waals surface area contributed by atoms with Crippen LogP contribution in [0.5, 0.6) is 0 Å². The lowest BCUT2D eigenvalue weighted by Gasteiger charge is -2.33. The number of esters is 2. The summed E-state index contributed by atoms with van der Waals surface area (Å²) in [6.07, 6.45) is 4.27. The summed E-state index contributed by atoms with van der Waals surface area (Å²) < 4.78 is 12.1. The first-order valence-corrected chi connectivity index (χ1v) is 12.4. The standard InChI is InChI=1S/C28H38N2O4/c1-5-15-25(31)33-27(21-7-3,23-17-11-9-12-18-23)29-30-28(22-8-4,34-26(32)16-6-2)24-19-13-10-14-20-24/h9-14,17-20H,5-8,15-16,21-22H2,1-4H3/b30-29+. The first kappa shape index (κ1) is 27.2. The molecule has 34 heavy (non-hydrogen) atoms. The van der Waals surface area contributed by atoms with Crippen LogP contribution in [0.2, 0.25) is 0 Å². The zero-order valence-electron chi connectivity index (χ0n) is 21.0. The molecule has 6 heteroatoms. The van der Waals surface area contributed by atoms with Gasteiger partial charge >= 0.3 is 11.9 Å². The number of benzene rings is 2. The lowest BCUT2D eigenvalue weighted by Crippen LogP contribution is -2.34. The zero-order valence-corrected chi connectivity index (χ0v) is 21.0. The molecule has 0 aliphatic heterocycles. The highest BCUT2D eigenvalue weighted by Gasteiger charge is 2.40. The second-order valence-corrected chi connectivity index (χ2v) is 8.45. The van der Waals surface area contributed by atoms with E-state index in [1.807, 2.05) is 88.4 Å². The molecular weight excluding hydrogens is 428 g/mol. The van der Waals surface area contributed by atoms with E-state index >= 15 is 0 Å². The maximum absolute atomic E-state index is 12.7. The van der Waals surface area contributed by atoms with Crippen molar-refractivity contribution in [3.05, 3.63) is 71.8 Å². The Morgan fingerprint density at radius 2 is 0.971 bits per heavy atom. The first-order chi connectivity index (χ1) is 16.4. The Morgan fingerprint density at radius 1 is 0.618 bits per heavy atom. The molecule has 6 nitrogen and oxygen atoms in total. The summed E-state index contributed by atoms with van der Waals surface area (Å²) in [5, 5.41) is 9.45. The molecular formula is C28H38N2O4. The number of nitrogens with zero attached hydrogens (tertiary/aromatic N) is 2. The maximum Gasteiger partial charge on any atom is 0.308 e. The van der Waals surface area contributed by atoms with Crippen LogP contribution in [0.25, 0.3) is 0 Å². The average Bonchev–Trinajstić information content (AvgIpc) is 2.84. The molecule has 0 fully saturated rings. The zero-order chi connectivity index (χ0) is 24.9. The van der Waals surface area contributed by atoms with Crippen molar-refractivity contribution in [3.63, 3.8) is 0 Å². The van der Waals surface area contributed by atoms with Crippen molar-refractivity contribution in [3.8, 4) is 0 Å². The van der Waals surface area contributed by atoms with Gasteiger partial charge in [0, 0.05) is 36.8 Å². The van der Waals surface area contributed by atoms with Gasteiger partial charge in [0.05, 0.1) is 0 Å². The van der Waals surface area contributed by atoms with E-state index in [0.717, 1.165) is 24.0 Å². The van der Waals surface area contributed by atoms with Gasteiger partial charge < -0.3 is 9.47 Å². The maximum atomic E-state index is 12.7. The van der Waals surface area contributed by atoms with Crippen molar-refractivity contribution >= 4 is 11.9 Å². The predicted octanol–water partition coefficient (Wildman–Crippen LogP) is 7.43. The van der Waals surface area contributed by atoms with Crippen LogP contribution >= 0.6 is 0 Å². The Kier molecular flexibility index (Phi) is 10.9. The molecule has 0 heterocycles. The third-order valence-electron chi connectivity index (χ3n) is 5.47. The minimum absolute atomic E-state index is 0.290. The van der Waals surface area contributed by atoms with E-state index in [-0.39, 0.29) is 24.8 Å². The molecule has 0 aliphatic rings. The Bertz CT molecular complexity index is 841. The Balaban J connectivity index is 2.66. The monoisotopic (exact) mass is 466 g/mol. The molecule has 2 atom stereocenters. The van der Waals surface area contributed by atoms with Gasteiger partial charge in [-0.15, -0.1) is 10.2 Å². The van der Waals surface area contributed by atoms with Gasteiger partial charge in [0.1, 0.15) is 0 Å². The quantitative estimate of drug-likeness (QED) is 0.214. The van der Waals surface area contributed by atoms with Gasteiger partial charge in [0.2, 0.25) is 11.4 Å². The Hall–Kier alpha value is -3.02. The van der Waals surface area contributed by atoms with Gasteiger partial charge in [-0.05, 0) is 25.7 Å². The van der Waals surface area contributed by atoms with Crippen LogP contribution in [-0.4, -0.2) is 11.9 Å². The Labute approximate surface area is 203 Å². The lowest BCUT2D eigenvalue weighted by molar-refractivity contribution is -0.168. The summed E-state index contributed by atoms with van der Waals surface area (Å²) in [5.41, 5.74) is -1.12. The largest absolute Gasteiger partial charge is 0.431 e. The fourth-order valence-electron chi connectivity index (χ4n) is 3.89. The summed E-state index contributed by atoms with van der Waals surface area (Å²) in [6, 6.07) is 18.9. The van der Waals surface area contributed by atoms with E-state index in [9.17, 15) is 9.59 Å². The van der Waals surface area contributed by atoms with Crippen LogP contribution in [0.15, 0.2) is 70.9 Å². The summed E-state index contributed by atoms with van der Waals surface area (Å²) in [5.74, 6) is -0.662. The summed E-state index contributed by atoms with van der Waals surface area (Å²) in [4.78, 5) is 25.4. The number of carbonyl (C=O) groups is 2. The fraction of sp³-hybridized carbons (Fsp3) is 0.500. The van der Waals surface area contributed by atoms with Crippen molar-refractivity contribution in [1.82, 2.24) is 0 Å². The van der Waals surface area contributed by atoms with Crippen LogP contribution in [0.4, 0.5) is 0 Å². The molecule has 0 radical (unpaired) electrons. The second-order valence-electron chi connectivity index (χ2n) is 8.45. The third kappa shape index (κ3) is 7.24. The van der Waals surface area contributed by atoms with E-state index in [4.69, 9.17) is 19.7 Å². The number of ether oxygens (including phenoxy) is 2. The van der Waals surface area contributed by atoms with E-state index in [0.29, 0.717) is 25.7 Å². The second kappa shape index (κ2) is 13.6. The molecule has 0 bridgehead atoms. The molecule has 2 rings (SSSR count). The molecule has 0 N–H and O–H groups in total. The van der Waals surface area contributed by atoms with Crippen molar-refractivity contribution in [2.45, 2.75) is 90.5 Å². The number of azo groups is 1. The number of hydrogen-bond donors (Lipinski definition) is 0. The SMILES string of the molecule is CCCC(=O)OC(CCC)(/N=N/C(CCC)(OC(=O)CCC)c1ccccc1)c1ccccc1. The highest BCUT2D eigenvalue weighted by Crippen LogP contribution is 2.39. The van der Waals surface area contributed by atoms with Gasteiger partial charge in [0.25, 0.3) is 0 Å². The molecule has 184 valence electrons. The van der Waals surface area contributed by atoms with Gasteiger partial charge in [0.15, 0.2) is 0 Å². The van der Waals surface area contributed by atoms with Crippen LogP contribution in [0.1, 0.15) is 90.2 Å². The van der Waals surface area contributed by atoms with Crippen LogP contribution in [0, 0.1) is 0 Å². The number of hydrogen-bond acceptors (Lipinski definition) is 6. The highest BCUT2D eigenvalue weighted by atomic mass is 16.6. The summed E-state index contributed by atoms with van der Waals surface area (Å²) in [7, 11) is 0. The molecule has 0 saturated heterocycles. The van der Waals surface area contributed by atoms with Gasteiger partial charge in [-0.3, -0.25) is 9.59 Å². The van der Waals surface area contributed by atoms with Gasteiger partial charge in [-0.25, -0.2) is 0 Å². The fourth-order valence-corrected chi connectivity index (χ4v) is 3.89. The molecule has 2 aromatic carbocycles. The Morgan fingerprint density at radius 3 is 1.26 bits per heavy atom. The number of rotatable bonds is 14. The van der Waals surface area contributed by atoms with Gasteiger partial charge in [-0.2, -0.15) is 0 Å². The van der Waals surface area contributed by atoms with Crippen LogP contribution in [0.3, 0.4) is 0 Å². The molecule has 0 amide bonds. The van der Waals surface area contributed by atoms with E-state index in [2.05, 4.69) is 0 Å². The average molecular weight is 467 g/mol. The van der Waals surface area contributed by atoms with Crippen molar-refractivity contribution in [2.75, 3.05) is 0 Å². The van der Waals surface area contributed by atoms with Gasteiger partial charge in [-0.1, -0.05) is 88.4 Å². The van der Waals surface area contributed by atoms with E-state index in [1.54, 1.807) is 0 Å². The van der Waals surface area contributed by atoms with Crippen molar-refractivity contribution in [1.29, 1.82) is 0 Å². The minimum Gasteiger partial charge on any atom is -0.431 e. The summed E-state index contributed by atoms with van der Waals surface area (Å²) >= 11 is 0. The van der Waals surface area contributed by atoms with E-state index < -0.39 is 11.4 Å². The van der Waals surface area contributed by atoms with E-state index in [1.165, 1.54) is 0 Å². The highest BCUT2D eigenvalue weighted by molar-refractivity contribution is 5.70. The molecule has 0 aliphatic carbocycles. The first-order valence-electron chi connectivity index (χ1n) is 12.4. The topological polar surface area (TPSA) is 77.3 Å². The molecule has 0 spiro atoms. The van der Waals surface area contributed by atoms with Crippen LogP contribution in [-0.2, 0) is 30.5 Å².